The minimum atomic E-state index is -4.34. The summed E-state index contributed by atoms with van der Waals surface area (Å²) in [6, 6.07) is 13.5. The van der Waals surface area contributed by atoms with Crippen LogP contribution in [0, 0.1) is 18.8 Å². The van der Waals surface area contributed by atoms with Crippen LogP contribution in [-0.2, 0) is 16.4 Å². The molecule has 2 aromatic rings. The first-order chi connectivity index (χ1) is 18.3. The van der Waals surface area contributed by atoms with E-state index in [1.807, 2.05) is 11.9 Å². The zero-order valence-electron chi connectivity index (χ0n) is 24.1. The third-order valence-corrected chi connectivity index (χ3v) is 8.61. The van der Waals surface area contributed by atoms with Gasteiger partial charge in [-0.25, -0.2) is 0 Å². The van der Waals surface area contributed by atoms with E-state index >= 15 is 0 Å². The quantitative estimate of drug-likeness (QED) is 0.406. The lowest BCUT2D eigenvalue weighted by Crippen LogP contribution is -2.43. The van der Waals surface area contributed by atoms with E-state index in [2.05, 4.69) is 55.3 Å². The zero-order valence-corrected chi connectivity index (χ0v) is 24.1. The average Bonchev–Trinajstić information content (AvgIpc) is 2.89. The van der Waals surface area contributed by atoms with Crippen LogP contribution in [0.15, 0.2) is 42.5 Å². The van der Waals surface area contributed by atoms with Crippen LogP contribution in [0.5, 0.6) is 0 Å². The number of aryl methyl sites for hydroxylation is 1. The van der Waals surface area contributed by atoms with Gasteiger partial charge in [0.2, 0.25) is 5.91 Å². The maximum absolute atomic E-state index is 13.3. The van der Waals surface area contributed by atoms with Gasteiger partial charge < -0.3 is 15.1 Å². The van der Waals surface area contributed by atoms with E-state index in [1.54, 1.807) is 6.07 Å². The summed E-state index contributed by atoms with van der Waals surface area (Å²) in [6.45, 7) is 10.7. The third kappa shape index (κ3) is 7.49. The second kappa shape index (κ2) is 11.8. The summed E-state index contributed by atoms with van der Waals surface area (Å²) < 4.78 is 39.8. The van der Waals surface area contributed by atoms with Crippen LogP contribution >= 0.6 is 0 Å². The maximum Gasteiger partial charge on any atom is 0.416 e. The van der Waals surface area contributed by atoms with E-state index in [-0.39, 0.29) is 28.8 Å². The van der Waals surface area contributed by atoms with Gasteiger partial charge in [-0.05, 0) is 92.2 Å². The smallest absolute Gasteiger partial charge is 0.382 e. The topological polar surface area (TPSA) is 35.6 Å². The van der Waals surface area contributed by atoms with E-state index in [1.165, 1.54) is 30.3 Å². The second-order valence-electron chi connectivity index (χ2n) is 12.7. The Morgan fingerprint density at radius 3 is 2.13 bits per heavy atom. The van der Waals surface area contributed by atoms with Crippen molar-refractivity contribution in [3.63, 3.8) is 0 Å². The monoisotopic (exact) mass is 543 g/mol. The van der Waals surface area contributed by atoms with Crippen LogP contribution in [0.3, 0.4) is 0 Å². The summed E-state index contributed by atoms with van der Waals surface area (Å²) in [4.78, 5) is 17.5. The largest absolute Gasteiger partial charge is 0.416 e. The van der Waals surface area contributed by atoms with Gasteiger partial charge in [0.15, 0.2) is 0 Å². The van der Waals surface area contributed by atoms with Crippen LogP contribution in [0.1, 0.15) is 76.0 Å². The lowest BCUT2D eigenvalue weighted by atomic mass is 9.85. The van der Waals surface area contributed by atoms with Crippen LogP contribution in [0.25, 0.3) is 0 Å². The highest BCUT2D eigenvalue weighted by molar-refractivity contribution is 5.79. The summed E-state index contributed by atoms with van der Waals surface area (Å²) >= 11 is 0. The molecule has 0 atom stereocenters. The molecule has 1 aliphatic heterocycles. The molecule has 1 N–H and O–H groups in total. The predicted molar refractivity (Wildman–Crippen MR) is 153 cm³/mol. The van der Waals surface area contributed by atoms with Crippen molar-refractivity contribution in [2.75, 3.05) is 36.9 Å². The summed E-state index contributed by atoms with van der Waals surface area (Å²) in [6.07, 6.45) is 1.13. The second-order valence-corrected chi connectivity index (χ2v) is 12.7. The summed E-state index contributed by atoms with van der Waals surface area (Å²) in [5.74, 6) is 0.752. The van der Waals surface area contributed by atoms with Crippen molar-refractivity contribution in [3.05, 3.63) is 59.2 Å². The number of carbonyl (C=O) groups is 1. The molecule has 0 aromatic heterocycles. The number of halogens is 3. The fraction of sp³-hybridized carbons (Fsp3) is 0.594. The van der Waals surface area contributed by atoms with Gasteiger partial charge in [-0.15, -0.1) is 0 Å². The highest BCUT2D eigenvalue weighted by Gasteiger charge is 2.33. The lowest BCUT2D eigenvalue weighted by molar-refractivity contribution is -0.138. The summed E-state index contributed by atoms with van der Waals surface area (Å²) in [7, 11) is 1.93. The highest BCUT2D eigenvalue weighted by atomic mass is 19.4. The van der Waals surface area contributed by atoms with Gasteiger partial charge in [0.25, 0.3) is 0 Å². The van der Waals surface area contributed by atoms with E-state index in [0.717, 1.165) is 58.2 Å². The molecule has 1 amide bonds. The molecule has 0 bridgehead atoms. The van der Waals surface area contributed by atoms with E-state index < -0.39 is 11.7 Å². The Balaban J connectivity index is 1.21. The number of hydrogen-bond acceptors (Lipinski definition) is 3. The van der Waals surface area contributed by atoms with E-state index in [0.29, 0.717) is 11.6 Å². The molecule has 1 saturated carbocycles. The molecular weight excluding hydrogens is 499 g/mol. The van der Waals surface area contributed by atoms with Gasteiger partial charge in [-0.3, -0.25) is 4.79 Å². The predicted octanol–water partition coefficient (Wildman–Crippen LogP) is 7.66. The van der Waals surface area contributed by atoms with Crippen molar-refractivity contribution in [1.82, 2.24) is 4.90 Å². The van der Waals surface area contributed by atoms with Crippen molar-refractivity contribution in [2.24, 2.45) is 11.8 Å². The molecule has 0 radical (unpaired) electrons. The number of amides is 1. The standard InChI is InChI=1S/C32H44F3N3O/c1-22-6-11-27(20-29(22)32(33,34)35)36-26-12-7-23(8-13-26)21-37(5)30(39)24-16-18-38(19-17-24)28-14-9-25(10-15-28)31(2,3)4/h6,9-11,14-15,20,23-24,26,36H,7-8,12-13,16-19,21H2,1-5H3. The number of piperidine rings is 1. The average molecular weight is 544 g/mol. The first kappa shape index (κ1) is 29.3. The Morgan fingerprint density at radius 1 is 0.949 bits per heavy atom. The number of alkyl halides is 3. The molecular formula is C32H44F3N3O. The molecule has 4 nitrogen and oxygen atoms in total. The fourth-order valence-corrected chi connectivity index (χ4v) is 6.09. The van der Waals surface area contributed by atoms with Crippen molar-refractivity contribution < 1.29 is 18.0 Å². The number of rotatable bonds is 6. The van der Waals surface area contributed by atoms with Crippen LogP contribution in [0.4, 0.5) is 24.5 Å². The molecule has 0 unspecified atom stereocenters. The van der Waals surface area contributed by atoms with Crippen molar-refractivity contribution in [2.45, 2.75) is 83.9 Å². The van der Waals surface area contributed by atoms with Gasteiger partial charge in [0.1, 0.15) is 0 Å². The first-order valence-electron chi connectivity index (χ1n) is 14.4. The number of anilines is 2. The SMILES string of the molecule is Cc1ccc(NC2CCC(CN(C)C(=O)C3CCN(c4ccc(C(C)(C)C)cc4)CC3)CC2)cc1C(F)(F)F. The molecule has 7 heteroatoms. The van der Waals surface area contributed by atoms with Crippen molar-refractivity contribution >= 4 is 17.3 Å². The minimum absolute atomic E-state index is 0.0717. The molecule has 1 aliphatic carbocycles. The summed E-state index contributed by atoms with van der Waals surface area (Å²) in [5.41, 5.74) is 2.89. The molecule has 2 fully saturated rings. The molecule has 2 aliphatic rings. The van der Waals surface area contributed by atoms with Crippen LogP contribution in [-0.4, -0.2) is 43.5 Å². The Kier molecular flexibility index (Phi) is 8.87. The van der Waals surface area contributed by atoms with E-state index in [9.17, 15) is 18.0 Å². The van der Waals surface area contributed by atoms with Gasteiger partial charge in [-0.1, -0.05) is 39.0 Å². The minimum Gasteiger partial charge on any atom is -0.382 e. The number of benzene rings is 2. The fourth-order valence-electron chi connectivity index (χ4n) is 6.09. The Morgan fingerprint density at radius 2 is 1.56 bits per heavy atom. The number of hydrogen-bond donors (Lipinski definition) is 1. The molecule has 214 valence electrons. The van der Waals surface area contributed by atoms with Gasteiger partial charge in [0, 0.05) is 50.0 Å². The Labute approximate surface area is 232 Å². The normalized spacial score (nSPS) is 21.1. The van der Waals surface area contributed by atoms with Gasteiger partial charge in [-0.2, -0.15) is 13.2 Å². The third-order valence-electron chi connectivity index (χ3n) is 8.61. The number of nitrogens with one attached hydrogen (secondary N) is 1. The van der Waals surface area contributed by atoms with Crippen LogP contribution in [0.2, 0.25) is 0 Å². The zero-order chi connectivity index (χ0) is 28.4. The molecule has 1 saturated heterocycles. The summed E-state index contributed by atoms with van der Waals surface area (Å²) in [5, 5.41) is 3.31. The molecule has 0 spiro atoms. The molecule has 1 heterocycles. The van der Waals surface area contributed by atoms with Gasteiger partial charge in [0.05, 0.1) is 5.56 Å². The number of nitrogens with zero attached hydrogens (tertiary/aromatic N) is 2. The maximum atomic E-state index is 13.3. The Hall–Kier alpha value is -2.70. The Bertz CT molecular complexity index is 1110. The van der Waals surface area contributed by atoms with Crippen molar-refractivity contribution in [3.8, 4) is 0 Å². The number of carbonyl (C=O) groups excluding carboxylic acids is 1. The molecule has 4 rings (SSSR count). The van der Waals surface area contributed by atoms with Crippen molar-refractivity contribution in [1.29, 1.82) is 0 Å². The van der Waals surface area contributed by atoms with Gasteiger partial charge >= 0.3 is 6.18 Å². The lowest BCUT2D eigenvalue weighted by Gasteiger charge is -2.36. The first-order valence-corrected chi connectivity index (χ1v) is 14.4. The van der Waals surface area contributed by atoms with Crippen LogP contribution < -0.4 is 10.2 Å². The molecule has 39 heavy (non-hydrogen) atoms. The van der Waals surface area contributed by atoms with E-state index in [4.69, 9.17) is 0 Å². The molecule has 2 aromatic carbocycles. The highest BCUT2D eigenvalue weighted by Crippen LogP contribution is 2.35.